The monoisotopic (exact) mass is 287 g/mol. The molecule has 0 unspecified atom stereocenters. The van der Waals surface area contributed by atoms with Crippen molar-refractivity contribution in [2.45, 2.75) is 25.0 Å². The van der Waals surface area contributed by atoms with E-state index in [2.05, 4.69) is 4.90 Å². The summed E-state index contributed by atoms with van der Waals surface area (Å²) in [6.45, 7) is 3.28. The maximum atomic E-state index is 11.8. The Morgan fingerprint density at radius 3 is 2.56 bits per heavy atom. The van der Waals surface area contributed by atoms with Crippen LogP contribution in [0.15, 0.2) is 24.3 Å². The van der Waals surface area contributed by atoms with Crippen molar-refractivity contribution in [3.05, 3.63) is 29.3 Å². The van der Waals surface area contributed by atoms with Gasteiger partial charge >= 0.3 is 0 Å². The smallest absolute Gasteiger partial charge is 0.153 e. The second kappa shape index (κ2) is 5.49. The summed E-state index contributed by atoms with van der Waals surface area (Å²) < 4.78 is 23.6. The third-order valence-electron chi connectivity index (χ3n) is 3.53. The Morgan fingerprint density at radius 1 is 1.33 bits per heavy atom. The highest BCUT2D eigenvalue weighted by Crippen LogP contribution is 2.25. The van der Waals surface area contributed by atoms with Crippen LogP contribution in [0.3, 0.4) is 0 Å². The number of halogens is 1. The lowest BCUT2D eigenvalue weighted by Crippen LogP contribution is -2.39. The van der Waals surface area contributed by atoms with E-state index < -0.39 is 9.84 Å². The van der Waals surface area contributed by atoms with Crippen LogP contribution in [0.2, 0.25) is 5.02 Å². The van der Waals surface area contributed by atoms with Gasteiger partial charge in [-0.15, -0.1) is 0 Å². The lowest BCUT2D eigenvalue weighted by molar-refractivity contribution is 0.531. The molecule has 1 aliphatic rings. The number of hydrogen-bond donors (Lipinski definition) is 0. The number of benzene rings is 1. The summed E-state index contributed by atoms with van der Waals surface area (Å²) in [7, 11) is -2.89. The summed E-state index contributed by atoms with van der Waals surface area (Å²) in [5.74, 6) is 0.245. The minimum Gasteiger partial charge on any atom is -0.371 e. The molecule has 0 aliphatic carbocycles. The summed E-state index contributed by atoms with van der Waals surface area (Å²) in [4.78, 5) is 2.20. The van der Waals surface area contributed by atoms with Gasteiger partial charge in [-0.3, -0.25) is 0 Å². The molecule has 1 aromatic carbocycles. The number of nitrogens with zero attached hydrogens (tertiary/aromatic N) is 1. The highest BCUT2D eigenvalue weighted by molar-refractivity contribution is 7.92. The normalized spacial score (nSPS) is 18.0. The average molecular weight is 288 g/mol. The molecule has 5 heteroatoms. The Bertz CT molecular complexity index is 507. The molecule has 100 valence electrons. The van der Waals surface area contributed by atoms with E-state index in [4.69, 9.17) is 11.6 Å². The zero-order valence-corrected chi connectivity index (χ0v) is 12.0. The van der Waals surface area contributed by atoms with Crippen LogP contribution in [0.25, 0.3) is 0 Å². The molecule has 1 saturated heterocycles. The lowest BCUT2D eigenvalue weighted by Gasteiger charge is -2.33. The van der Waals surface area contributed by atoms with Crippen LogP contribution >= 0.6 is 11.6 Å². The molecule has 0 spiro atoms. The van der Waals surface area contributed by atoms with Crippen molar-refractivity contribution in [3.63, 3.8) is 0 Å². The van der Waals surface area contributed by atoms with Gasteiger partial charge in [0.15, 0.2) is 9.84 Å². The van der Waals surface area contributed by atoms with E-state index >= 15 is 0 Å². The fourth-order valence-corrected chi connectivity index (χ4v) is 3.97. The third kappa shape index (κ3) is 2.98. The molecule has 0 atom stereocenters. The van der Waals surface area contributed by atoms with Crippen molar-refractivity contribution < 1.29 is 8.42 Å². The standard InChI is InChI=1S/C13H18ClNO2S/c1-2-18(16,17)13-6-8-15(9-7-13)12-5-3-4-11(14)10-12/h3-5,10,13H,2,6-9H2,1H3. The highest BCUT2D eigenvalue weighted by Gasteiger charge is 2.28. The Hall–Kier alpha value is -0.740. The molecule has 0 bridgehead atoms. The summed E-state index contributed by atoms with van der Waals surface area (Å²) >= 11 is 5.97. The van der Waals surface area contributed by atoms with Crippen molar-refractivity contribution in [2.75, 3.05) is 23.7 Å². The van der Waals surface area contributed by atoms with Crippen LogP contribution in [-0.4, -0.2) is 32.5 Å². The van der Waals surface area contributed by atoms with E-state index in [1.165, 1.54) is 0 Å². The minimum atomic E-state index is -2.89. The van der Waals surface area contributed by atoms with Gasteiger partial charge in [-0.05, 0) is 31.0 Å². The molecule has 0 amide bonds. The fraction of sp³-hybridized carbons (Fsp3) is 0.538. The van der Waals surface area contributed by atoms with Crippen molar-refractivity contribution >= 4 is 27.1 Å². The van der Waals surface area contributed by atoms with Gasteiger partial charge < -0.3 is 4.90 Å². The van der Waals surface area contributed by atoms with Gasteiger partial charge in [0.2, 0.25) is 0 Å². The number of piperidine rings is 1. The summed E-state index contributed by atoms with van der Waals surface area (Å²) in [6.07, 6.45) is 1.42. The molecule has 2 rings (SSSR count). The average Bonchev–Trinajstić information content (AvgIpc) is 2.39. The van der Waals surface area contributed by atoms with Gasteiger partial charge in [0, 0.05) is 29.6 Å². The first kappa shape index (κ1) is 13.7. The zero-order valence-electron chi connectivity index (χ0n) is 10.5. The molecule has 1 aliphatic heterocycles. The van der Waals surface area contributed by atoms with E-state index in [-0.39, 0.29) is 11.0 Å². The molecular formula is C13H18ClNO2S. The summed E-state index contributed by atoms with van der Waals surface area (Å²) in [5.41, 5.74) is 1.08. The molecule has 3 nitrogen and oxygen atoms in total. The number of rotatable bonds is 3. The summed E-state index contributed by atoms with van der Waals surface area (Å²) in [5, 5.41) is 0.550. The topological polar surface area (TPSA) is 37.4 Å². The van der Waals surface area contributed by atoms with Gasteiger partial charge in [-0.1, -0.05) is 24.6 Å². The van der Waals surface area contributed by atoms with Gasteiger partial charge in [-0.2, -0.15) is 0 Å². The van der Waals surface area contributed by atoms with Crippen molar-refractivity contribution in [1.29, 1.82) is 0 Å². The zero-order chi connectivity index (χ0) is 13.2. The van der Waals surface area contributed by atoms with Gasteiger partial charge in [0.25, 0.3) is 0 Å². The van der Waals surface area contributed by atoms with Crippen molar-refractivity contribution in [1.82, 2.24) is 0 Å². The molecule has 1 fully saturated rings. The maximum Gasteiger partial charge on any atom is 0.153 e. The number of hydrogen-bond acceptors (Lipinski definition) is 3. The first-order valence-corrected chi connectivity index (χ1v) is 8.34. The first-order valence-electron chi connectivity index (χ1n) is 6.25. The van der Waals surface area contributed by atoms with Crippen molar-refractivity contribution in [3.8, 4) is 0 Å². The molecule has 0 aromatic heterocycles. The predicted octanol–water partition coefficient (Wildman–Crippen LogP) is 2.74. The number of anilines is 1. The van der Waals surface area contributed by atoms with Gasteiger partial charge in [0.1, 0.15) is 0 Å². The van der Waals surface area contributed by atoms with E-state index in [0.717, 1.165) is 23.8 Å². The number of sulfone groups is 1. The van der Waals surface area contributed by atoms with Gasteiger partial charge in [-0.25, -0.2) is 8.42 Å². The molecule has 18 heavy (non-hydrogen) atoms. The van der Waals surface area contributed by atoms with Crippen LogP contribution in [0.4, 0.5) is 5.69 Å². The second-order valence-corrected chi connectivity index (χ2v) is 7.62. The SMILES string of the molecule is CCS(=O)(=O)C1CCN(c2cccc(Cl)c2)CC1. The molecule has 0 saturated carbocycles. The van der Waals surface area contributed by atoms with Crippen LogP contribution in [0.1, 0.15) is 19.8 Å². The molecule has 0 radical (unpaired) electrons. The van der Waals surface area contributed by atoms with E-state index in [1.54, 1.807) is 6.92 Å². The van der Waals surface area contributed by atoms with Gasteiger partial charge in [0.05, 0.1) is 5.25 Å². The van der Waals surface area contributed by atoms with Crippen LogP contribution in [0, 0.1) is 0 Å². The largest absolute Gasteiger partial charge is 0.371 e. The molecule has 0 N–H and O–H groups in total. The Morgan fingerprint density at radius 2 is 2.00 bits per heavy atom. The third-order valence-corrected chi connectivity index (χ3v) is 6.05. The Kier molecular flexibility index (Phi) is 4.17. The minimum absolute atomic E-state index is 0.169. The van der Waals surface area contributed by atoms with E-state index in [1.807, 2.05) is 24.3 Å². The van der Waals surface area contributed by atoms with Crippen molar-refractivity contribution in [2.24, 2.45) is 0 Å². The second-order valence-electron chi connectivity index (χ2n) is 4.62. The Labute approximate surface area is 114 Å². The van der Waals surface area contributed by atoms with Crippen LogP contribution < -0.4 is 4.90 Å². The maximum absolute atomic E-state index is 11.8. The van der Waals surface area contributed by atoms with Crippen LogP contribution in [0.5, 0.6) is 0 Å². The first-order chi connectivity index (χ1) is 8.53. The molecule has 1 heterocycles. The fourth-order valence-electron chi connectivity index (χ4n) is 2.38. The quantitative estimate of drug-likeness (QED) is 0.858. The highest BCUT2D eigenvalue weighted by atomic mass is 35.5. The lowest BCUT2D eigenvalue weighted by atomic mass is 10.1. The van der Waals surface area contributed by atoms with E-state index in [9.17, 15) is 8.42 Å². The molecular weight excluding hydrogens is 270 g/mol. The van der Waals surface area contributed by atoms with E-state index in [0.29, 0.717) is 12.8 Å². The predicted molar refractivity (Wildman–Crippen MR) is 76.1 cm³/mol. The Balaban J connectivity index is 2.03. The van der Waals surface area contributed by atoms with Crippen LogP contribution in [-0.2, 0) is 9.84 Å². The summed E-state index contributed by atoms with van der Waals surface area (Å²) in [6, 6.07) is 7.71. The molecule has 1 aromatic rings.